The van der Waals surface area contributed by atoms with Crippen LogP contribution < -0.4 is 30.2 Å². The average Bonchev–Trinajstić information content (AvgIpc) is 3.30. The van der Waals surface area contributed by atoms with Crippen LogP contribution in [-0.2, 0) is 9.53 Å². The van der Waals surface area contributed by atoms with E-state index in [1.807, 2.05) is 0 Å². The standard InChI is InChI=1S/C24H25N5O7/c1-33-19-5-3-16-21(28-19)15(6-7-26-16)22(30)20(25)23(31)27-11-14-12-29(24(32)36-14)13-2-4-17-18(10-13)35-9-8-34-17/h2-7,10,14,20,22,30H,8-9,11-12,25H2,1H3,(H,27,31)/t14-,20-,22-/m1/s1. The summed E-state index contributed by atoms with van der Waals surface area (Å²) in [6.07, 6.45) is -0.995. The zero-order valence-corrected chi connectivity index (χ0v) is 19.4. The van der Waals surface area contributed by atoms with Gasteiger partial charge in [0.25, 0.3) is 0 Å². The summed E-state index contributed by atoms with van der Waals surface area (Å²) in [6, 6.07) is 8.79. The van der Waals surface area contributed by atoms with Gasteiger partial charge in [0, 0.05) is 23.9 Å². The number of hydrogen-bond donors (Lipinski definition) is 3. The summed E-state index contributed by atoms with van der Waals surface area (Å²) in [5.41, 5.74) is 7.91. The fourth-order valence-corrected chi connectivity index (χ4v) is 4.09. The highest BCUT2D eigenvalue weighted by molar-refractivity contribution is 5.90. The Morgan fingerprint density at radius 2 is 2.06 bits per heavy atom. The quantitative estimate of drug-likeness (QED) is 0.430. The van der Waals surface area contributed by atoms with Crippen molar-refractivity contribution < 1.29 is 33.6 Å². The fraction of sp³-hybridized carbons (Fsp3) is 0.333. The third-order valence-electron chi connectivity index (χ3n) is 5.98. The van der Waals surface area contributed by atoms with Crippen molar-refractivity contribution in [2.75, 3.05) is 38.3 Å². The number of rotatable bonds is 7. The van der Waals surface area contributed by atoms with Gasteiger partial charge in [-0.15, -0.1) is 0 Å². The predicted molar refractivity (Wildman–Crippen MR) is 127 cm³/mol. The molecule has 2 aliphatic heterocycles. The van der Waals surface area contributed by atoms with Crippen molar-refractivity contribution in [1.82, 2.24) is 15.3 Å². The van der Waals surface area contributed by atoms with Crippen LogP contribution in [0.3, 0.4) is 0 Å². The Morgan fingerprint density at radius 3 is 2.86 bits per heavy atom. The Hall–Kier alpha value is -4.16. The molecule has 3 atom stereocenters. The van der Waals surface area contributed by atoms with Crippen molar-refractivity contribution in [3.63, 3.8) is 0 Å². The highest BCUT2D eigenvalue weighted by Crippen LogP contribution is 2.35. The van der Waals surface area contributed by atoms with E-state index in [4.69, 9.17) is 24.7 Å². The van der Waals surface area contributed by atoms with Crippen molar-refractivity contribution in [3.8, 4) is 17.4 Å². The molecule has 0 spiro atoms. The maximum atomic E-state index is 12.7. The molecule has 2 aromatic heterocycles. The van der Waals surface area contributed by atoms with Gasteiger partial charge < -0.3 is 35.1 Å². The van der Waals surface area contributed by atoms with Gasteiger partial charge in [0.1, 0.15) is 31.5 Å². The van der Waals surface area contributed by atoms with Crippen LogP contribution in [0.2, 0.25) is 0 Å². The van der Waals surface area contributed by atoms with E-state index in [-0.39, 0.29) is 13.1 Å². The van der Waals surface area contributed by atoms with Gasteiger partial charge in [-0.2, -0.15) is 0 Å². The molecule has 12 heteroatoms. The first-order valence-corrected chi connectivity index (χ1v) is 11.3. The van der Waals surface area contributed by atoms with Gasteiger partial charge in [-0.1, -0.05) is 0 Å². The number of pyridine rings is 2. The summed E-state index contributed by atoms with van der Waals surface area (Å²) in [5, 5.41) is 13.5. The van der Waals surface area contributed by atoms with Crippen LogP contribution in [-0.4, -0.2) is 72.6 Å². The molecule has 4 N–H and O–H groups in total. The first-order chi connectivity index (χ1) is 17.4. The van der Waals surface area contributed by atoms with Crippen molar-refractivity contribution in [2.45, 2.75) is 18.2 Å². The minimum atomic E-state index is -1.35. The van der Waals surface area contributed by atoms with E-state index in [0.29, 0.717) is 52.9 Å². The van der Waals surface area contributed by atoms with Crippen LogP contribution in [0, 0.1) is 0 Å². The molecule has 1 saturated heterocycles. The number of carbonyl (C=O) groups is 2. The summed E-state index contributed by atoms with van der Waals surface area (Å²) < 4.78 is 21.6. The molecule has 3 aromatic rings. The van der Waals surface area contributed by atoms with Gasteiger partial charge in [-0.05, 0) is 24.3 Å². The van der Waals surface area contributed by atoms with Gasteiger partial charge in [0.05, 0.1) is 36.9 Å². The SMILES string of the molecule is COc1ccc2nccc([C@@H](O)[C@@H](N)C(=O)NC[C@@H]3CN(c4ccc5c(c4)OCCO5)C(=O)O3)c2n1. The Balaban J connectivity index is 1.22. The van der Waals surface area contributed by atoms with Gasteiger partial charge >= 0.3 is 6.09 Å². The summed E-state index contributed by atoms with van der Waals surface area (Å²) in [6.45, 7) is 1.14. The van der Waals surface area contributed by atoms with Gasteiger partial charge in [0.15, 0.2) is 11.5 Å². The molecule has 36 heavy (non-hydrogen) atoms. The molecule has 188 valence electrons. The lowest BCUT2D eigenvalue weighted by atomic mass is 10.0. The smallest absolute Gasteiger partial charge is 0.414 e. The van der Waals surface area contributed by atoms with Crippen molar-refractivity contribution >= 4 is 28.7 Å². The molecule has 5 rings (SSSR count). The molecule has 0 unspecified atom stereocenters. The molecule has 1 fully saturated rings. The fourth-order valence-electron chi connectivity index (χ4n) is 4.09. The number of aliphatic hydroxyl groups excluding tert-OH is 1. The summed E-state index contributed by atoms with van der Waals surface area (Å²) in [4.78, 5) is 35.2. The number of amides is 2. The maximum Gasteiger partial charge on any atom is 0.414 e. The number of fused-ring (bicyclic) bond motifs is 2. The third kappa shape index (κ3) is 4.55. The van der Waals surface area contributed by atoms with Crippen LogP contribution in [0.5, 0.6) is 17.4 Å². The van der Waals surface area contributed by atoms with Crippen molar-refractivity contribution in [2.24, 2.45) is 5.73 Å². The third-order valence-corrected chi connectivity index (χ3v) is 5.98. The Bertz CT molecular complexity index is 1300. The second kappa shape index (κ2) is 9.84. The summed E-state index contributed by atoms with van der Waals surface area (Å²) >= 11 is 0. The lowest BCUT2D eigenvalue weighted by Gasteiger charge is -2.21. The first-order valence-electron chi connectivity index (χ1n) is 11.3. The van der Waals surface area contributed by atoms with E-state index in [2.05, 4.69) is 15.3 Å². The molecule has 0 aliphatic carbocycles. The van der Waals surface area contributed by atoms with Crippen LogP contribution >= 0.6 is 0 Å². The number of cyclic esters (lactones) is 1. The lowest BCUT2D eigenvalue weighted by molar-refractivity contribution is -0.125. The van der Waals surface area contributed by atoms with Crippen LogP contribution in [0.4, 0.5) is 10.5 Å². The van der Waals surface area contributed by atoms with E-state index in [1.54, 1.807) is 36.4 Å². The number of aliphatic hydroxyl groups is 1. The highest BCUT2D eigenvalue weighted by Gasteiger charge is 2.34. The van der Waals surface area contributed by atoms with E-state index in [0.717, 1.165) is 0 Å². The number of nitrogens with one attached hydrogen (secondary N) is 1. The average molecular weight is 495 g/mol. The monoisotopic (exact) mass is 495 g/mol. The molecule has 12 nitrogen and oxygen atoms in total. The number of hydrogen-bond acceptors (Lipinski definition) is 10. The normalized spacial score (nSPS) is 18.5. The number of anilines is 1. The lowest BCUT2D eigenvalue weighted by Crippen LogP contribution is -2.47. The van der Waals surface area contributed by atoms with E-state index >= 15 is 0 Å². The molecule has 2 amide bonds. The molecule has 4 heterocycles. The van der Waals surface area contributed by atoms with E-state index < -0.39 is 30.3 Å². The first kappa shape index (κ1) is 23.6. The minimum Gasteiger partial charge on any atom is -0.486 e. The molecule has 1 aromatic carbocycles. The number of nitrogens with zero attached hydrogens (tertiary/aromatic N) is 3. The Labute approximate surface area is 205 Å². The molecule has 2 aliphatic rings. The zero-order chi connectivity index (χ0) is 25.2. The highest BCUT2D eigenvalue weighted by atomic mass is 16.6. The second-order valence-corrected chi connectivity index (χ2v) is 8.28. The molecule has 0 bridgehead atoms. The number of nitrogens with two attached hydrogens (primary N) is 1. The van der Waals surface area contributed by atoms with Crippen LogP contribution in [0.15, 0.2) is 42.6 Å². The van der Waals surface area contributed by atoms with Gasteiger partial charge in [0.2, 0.25) is 11.8 Å². The Kier molecular flexibility index (Phi) is 6.44. The number of ether oxygens (including phenoxy) is 4. The van der Waals surface area contributed by atoms with Crippen molar-refractivity contribution in [3.05, 3.63) is 48.2 Å². The largest absolute Gasteiger partial charge is 0.486 e. The predicted octanol–water partition coefficient (Wildman–Crippen LogP) is 0.912. The maximum absolute atomic E-state index is 12.7. The number of aromatic nitrogens is 2. The van der Waals surface area contributed by atoms with E-state index in [1.165, 1.54) is 18.2 Å². The molecule has 0 saturated carbocycles. The number of benzene rings is 1. The van der Waals surface area contributed by atoms with Gasteiger partial charge in [-0.3, -0.25) is 14.7 Å². The van der Waals surface area contributed by atoms with E-state index in [9.17, 15) is 14.7 Å². The Morgan fingerprint density at radius 1 is 1.25 bits per heavy atom. The number of methoxy groups -OCH3 is 1. The molecule has 0 radical (unpaired) electrons. The summed E-state index contributed by atoms with van der Waals surface area (Å²) in [5.74, 6) is 0.903. The number of carbonyl (C=O) groups excluding carboxylic acids is 2. The zero-order valence-electron chi connectivity index (χ0n) is 19.4. The topological polar surface area (TPSA) is 158 Å². The molecular formula is C24H25N5O7. The van der Waals surface area contributed by atoms with Crippen molar-refractivity contribution in [1.29, 1.82) is 0 Å². The summed E-state index contributed by atoms with van der Waals surface area (Å²) in [7, 11) is 1.48. The second-order valence-electron chi connectivity index (χ2n) is 8.28. The van der Waals surface area contributed by atoms with Gasteiger partial charge in [-0.25, -0.2) is 9.78 Å². The molecular weight excluding hydrogens is 470 g/mol. The minimum absolute atomic E-state index is 0.0230. The van der Waals surface area contributed by atoms with Crippen LogP contribution in [0.25, 0.3) is 11.0 Å². The van der Waals surface area contributed by atoms with Crippen LogP contribution in [0.1, 0.15) is 11.7 Å².